The Hall–Kier alpha value is -2.41. The van der Waals surface area contributed by atoms with Crippen molar-refractivity contribution in [3.8, 4) is 0 Å². The van der Waals surface area contributed by atoms with Gasteiger partial charge in [0.1, 0.15) is 5.82 Å². The van der Waals surface area contributed by atoms with Gasteiger partial charge in [0.05, 0.1) is 11.7 Å². The van der Waals surface area contributed by atoms with Gasteiger partial charge in [-0.15, -0.1) is 0 Å². The number of halogens is 1. The fraction of sp³-hybridized carbons (Fsp3) is 0.474. The average molecular weight is 357 g/mol. The molecule has 4 rings (SSSR count). The fourth-order valence-corrected chi connectivity index (χ4v) is 3.82. The first-order valence-corrected chi connectivity index (χ1v) is 9.21. The molecule has 1 unspecified atom stereocenters. The van der Waals surface area contributed by atoms with Crippen molar-refractivity contribution >= 4 is 6.03 Å². The van der Waals surface area contributed by atoms with Crippen LogP contribution in [0.15, 0.2) is 36.5 Å². The molecular formula is C19H24FN5O. The molecule has 1 fully saturated rings. The SMILES string of the molecule is O=C(NCC1CN(Cc2ccc(F)cc2)Cc2ccnn21)N1CCCC1. The Morgan fingerprint density at radius 3 is 2.73 bits per heavy atom. The number of hydrogen-bond donors (Lipinski definition) is 1. The van der Waals surface area contributed by atoms with Crippen molar-refractivity contribution < 1.29 is 9.18 Å². The number of rotatable bonds is 4. The third-order valence-electron chi connectivity index (χ3n) is 5.15. The Morgan fingerprint density at radius 1 is 1.19 bits per heavy atom. The van der Waals surface area contributed by atoms with Crippen molar-refractivity contribution in [2.45, 2.75) is 32.0 Å². The zero-order chi connectivity index (χ0) is 17.9. The second-order valence-electron chi connectivity index (χ2n) is 7.10. The molecule has 138 valence electrons. The van der Waals surface area contributed by atoms with Crippen molar-refractivity contribution in [3.63, 3.8) is 0 Å². The molecule has 2 amide bonds. The molecular weight excluding hydrogens is 333 g/mol. The number of benzene rings is 1. The Labute approximate surface area is 152 Å². The summed E-state index contributed by atoms with van der Waals surface area (Å²) in [5.74, 6) is -0.215. The summed E-state index contributed by atoms with van der Waals surface area (Å²) in [6.45, 7) is 4.60. The second-order valence-corrected chi connectivity index (χ2v) is 7.10. The molecule has 0 radical (unpaired) electrons. The van der Waals surface area contributed by atoms with Crippen LogP contribution in [-0.2, 0) is 13.1 Å². The Balaban J connectivity index is 1.40. The minimum atomic E-state index is -0.215. The maximum Gasteiger partial charge on any atom is 0.317 e. The van der Waals surface area contributed by atoms with Crippen LogP contribution >= 0.6 is 0 Å². The topological polar surface area (TPSA) is 53.4 Å². The first kappa shape index (κ1) is 17.0. The van der Waals surface area contributed by atoms with Gasteiger partial charge < -0.3 is 10.2 Å². The second kappa shape index (κ2) is 7.45. The highest BCUT2D eigenvalue weighted by Crippen LogP contribution is 2.22. The van der Waals surface area contributed by atoms with Crippen molar-refractivity contribution in [2.75, 3.05) is 26.2 Å². The van der Waals surface area contributed by atoms with Crippen LogP contribution in [-0.4, -0.2) is 51.8 Å². The van der Waals surface area contributed by atoms with Gasteiger partial charge in [0.2, 0.25) is 0 Å². The smallest absolute Gasteiger partial charge is 0.317 e. The number of nitrogens with zero attached hydrogens (tertiary/aromatic N) is 4. The van der Waals surface area contributed by atoms with Crippen LogP contribution in [0.25, 0.3) is 0 Å². The third-order valence-corrected chi connectivity index (χ3v) is 5.15. The van der Waals surface area contributed by atoms with E-state index in [-0.39, 0.29) is 17.9 Å². The number of hydrogen-bond acceptors (Lipinski definition) is 3. The lowest BCUT2D eigenvalue weighted by Gasteiger charge is -2.34. The van der Waals surface area contributed by atoms with Gasteiger partial charge in [-0.3, -0.25) is 9.58 Å². The summed E-state index contributed by atoms with van der Waals surface area (Å²) in [5, 5.41) is 7.51. The highest BCUT2D eigenvalue weighted by molar-refractivity contribution is 5.74. The number of aromatic nitrogens is 2. The normalized spacial score (nSPS) is 20.2. The lowest BCUT2D eigenvalue weighted by atomic mass is 10.1. The van der Waals surface area contributed by atoms with Crippen molar-refractivity contribution in [3.05, 3.63) is 53.6 Å². The number of nitrogens with one attached hydrogen (secondary N) is 1. The van der Waals surface area contributed by atoms with Gasteiger partial charge in [0.25, 0.3) is 0 Å². The quantitative estimate of drug-likeness (QED) is 0.914. The van der Waals surface area contributed by atoms with E-state index in [1.807, 2.05) is 34.0 Å². The predicted octanol–water partition coefficient (Wildman–Crippen LogP) is 2.38. The Morgan fingerprint density at radius 2 is 1.96 bits per heavy atom. The van der Waals surface area contributed by atoms with E-state index >= 15 is 0 Å². The summed E-state index contributed by atoms with van der Waals surface area (Å²) in [7, 11) is 0. The number of likely N-dealkylation sites (tertiary alicyclic amines) is 1. The molecule has 0 aliphatic carbocycles. The molecule has 6 nitrogen and oxygen atoms in total. The summed E-state index contributed by atoms with van der Waals surface area (Å²) in [6.07, 6.45) is 3.99. The molecule has 2 aliphatic heterocycles. The van der Waals surface area contributed by atoms with Crippen LogP contribution in [0.2, 0.25) is 0 Å². The highest BCUT2D eigenvalue weighted by Gasteiger charge is 2.27. The molecule has 2 aliphatic rings. The van der Waals surface area contributed by atoms with Gasteiger partial charge >= 0.3 is 6.03 Å². The molecule has 1 saturated heterocycles. The van der Waals surface area contributed by atoms with Gasteiger partial charge in [0, 0.05) is 45.5 Å². The van der Waals surface area contributed by atoms with Gasteiger partial charge in [0.15, 0.2) is 0 Å². The number of fused-ring (bicyclic) bond motifs is 1. The molecule has 1 N–H and O–H groups in total. The lowest BCUT2D eigenvalue weighted by molar-refractivity contribution is 0.161. The van der Waals surface area contributed by atoms with Crippen molar-refractivity contribution in [1.82, 2.24) is 24.9 Å². The molecule has 7 heteroatoms. The molecule has 0 bridgehead atoms. The summed E-state index contributed by atoms with van der Waals surface area (Å²) in [5.41, 5.74) is 2.22. The van der Waals surface area contributed by atoms with Gasteiger partial charge in [-0.2, -0.15) is 5.10 Å². The molecule has 1 aromatic carbocycles. The van der Waals surface area contributed by atoms with Gasteiger partial charge in [-0.1, -0.05) is 12.1 Å². The van der Waals surface area contributed by atoms with E-state index in [1.165, 1.54) is 12.1 Å². The largest absolute Gasteiger partial charge is 0.336 e. The summed E-state index contributed by atoms with van der Waals surface area (Å²) in [6, 6.07) is 8.78. The Kier molecular flexibility index (Phi) is 4.88. The molecule has 26 heavy (non-hydrogen) atoms. The van der Waals surface area contributed by atoms with Crippen LogP contribution in [0.3, 0.4) is 0 Å². The molecule has 3 heterocycles. The van der Waals surface area contributed by atoms with Gasteiger partial charge in [-0.05, 0) is 36.6 Å². The summed E-state index contributed by atoms with van der Waals surface area (Å²) < 4.78 is 15.1. The zero-order valence-corrected chi connectivity index (χ0v) is 14.8. The summed E-state index contributed by atoms with van der Waals surface area (Å²) >= 11 is 0. The minimum Gasteiger partial charge on any atom is -0.336 e. The van der Waals surface area contributed by atoms with Crippen LogP contribution in [0, 0.1) is 5.82 Å². The van der Waals surface area contributed by atoms with E-state index in [0.29, 0.717) is 6.54 Å². The molecule has 0 spiro atoms. The first-order chi connectivity index (χ1) is 12.7. The van der Waals surface area contributed by atoms with E-state index in [2.05, 4.69) is 15.3 Å². The molecule has 1 atom stereocenters. The van der Waals surface area contributed by atoms with Crippen molar-refractivity contribution in [1.29, 1.82) is 0 Å². The van der Waals surface area contributed by atoms with Gasteiger partial charge in [-0.25, -0.2) is 9.18 Å². The zero-order valence-electron chi connectivity index (χ0n) is 14.8. The fourth-order valence-electron chi connectivity index (χ4n) is 3.82. The van der Waals surface area contributed by atoms with Crippen molar-refractivity contribution in [2.24, 2.45) is 0 Å². The Bertz CT molecular complexity index is 754. The highest BCUT2D eigenvalue weighted by atomic mass is 19.1. The number of carbonyl (C=O) groups is 1. The van der Waals surface area contributed by atoms with E-state index < -0.39 is 0 Å². The van der Waals surface area contributed by atoms with E-state index in [0.717, 1.165) is 56.8 Å². The average Bonchev–Trinajstić information content (AvgIpc) is 3.33. The van der Waals surface area contributed by atoms with E-state index in [4.69, 9.17) is 0 Å². The third kappa shape index (κ3) is 3.72. The van der Waals surface area contributed by atoms with Crippen LogP contribution in [0.4, 0.5) is 9.18 Å². The molecule has 1 aromatic heterocycles. The first-order valence-electron chi connectivity index (χ1n) is 9.21. The van der Waals surface area contributed by atoms with E-state index in [1.54, 1.807) is 0 Å². The number of urea groups is 1. The molecule has 0 saturated carbocycles. The maximum absolute atomic E-state index is 13.1. The molecule has 2 aromatic rings. The summed E-state index contributed by atoms with van der Waals surface area (Å²) in [4.78, 5) is 16.5. The van der Waals surface area contributed by atoms with E-state index in [9.17, 15) is 9.18 Å². The van der Waals surface area contributed by atoms with Crippen LogP contribution in [0.5, 0.6) is 0 Å². The predicted molar refractivity (Wildman–Crippen MR) is 96.0 cm³/mol. The monoisotopic (exact) mass is 357 g/mol. The standard InChI is InChI=1S/C19H24FN5O/c20-16-5-3-15(4-6-16)12-23-13-17-7-8-22-25(17)18(14-23)11-21-19(26)24-9-1-2-10-24/h3-8,18H,1-2,9-14H2,(H,21,26). The number of amides is 2. The van der Waals surface area contributed by atoms with Crippen LogP contribution in [0.1, 0.15) is 30.1 Å². The number of carbonyl (C=O) groups excluding carboxylic acids is 1. The maximum atomic E-state index is 13.1. The lowest BCUT2D eigenvalue weighted by Crippen LogP contribution is -2.45. The minimum absolute atomic E-state index is 0.0202. The van der Waals surface area contributed by atoms with Crippen LogP contribution < -0.4 is 5.32 Å².